The molecule has 6 nitrogen and oxygen atoms in total. The average molecular weight is 467 g/mol. The quantitative estimate of drug-likeness (QED) is 0.499. The minimum atomic E-state index is -0.672. The summed E-state index contributed by atoms with van der Waals surface area (Å²) in [5.41, 5.74) is 0.814. The highest BCUT2D eigenvalue weighted by molar-refractivity contribution is 6.32. The average Bonchev–Trinajstić information content (AvgIpc) is 3.21. The highest BCUT2D eigenvalue weighted by atomic mass is 35.5. The van der Waals surface area contributed by atoms with E-state index in [1.807, 2.05) is 12.2 Å². The van der Waals surface area contributed by atoms with E-state index in [4.69, 9.17) is 23.2 Å². The van der Waals surface area contributed by atoms with E-state index in [9.17, 15) is 19.2 Å². The van der Waals surface area contributed by atoms with Crippen LogP contribution in [-0.4, -0.2) is 23.6 Å². The zero-order valence-corrected chi connectivity index (χ0v) is 18.0. The first-order valence-corrected chi connectivity index (χ1v) is 11.1. The van der Waals surface area contributed by atoms with Gasteiger partial charge in [0.25, 0.3) is 0 Å². The molecule has 3 aliphatic carbocycles. The van der Waals surface area contributed by atoms with Crippen LogP contribution < -0.4 is 9.80 Å². The smallest absolute Gasteiger partial charge is 0.238 e. The Hall–Kier alpha value is -2.96. The van der Waals surface area contributed by atoms with Crippen LogP contribution in [0.4, 0.5) is 11.4 Å². The molecule has 5 aliphatic rings. The van der Waals surface area contributed by atoms with Crippen LogP contribution in [0.1, 0.15) is 0 Å². The molecule has 4 atom stereocenters. The number of anilines is 2. The topological polar surface area (TPSA) is 74.8 Å². The summed E-state index contributed by atoms with van der Waals surface area (Å²) >= 11 is 12.2. The molecule has 8 heteroatoms. The van der Waals surface area contributed by atoms with Gasteiger partial charge >= 0.3 is 0 Å². The van der Waals surface area contributed by atoms with Crippen molar-refractivity contribution >= 4 is 58.2 Å². The van der Waals surface area contributed by atoms with Gasteiger partial charge in [-0.25, -0.2) is 9.80 Å². The van der Waals surface area contributed by atoms with E-state index < -0.39 is 35.5 Å². The summed E-state index contributed by atoms with van der Waals surface area (Å²) in [5.74, 6) is -5.11. The standard InChI is InChI=1S/C24H16Cl2N2O4/c25-11-3-1-5-13(9-11)27-21(29)17-15-7-8-16(18(17)22(27)30)20-19(15)23(31)28(24(20)32)14-6-2-4-12(26)10-14/h1-10,15-20H/t15?,16?,17-,18-,19-,20-/m1/s1. The van der Waals surface area contributed by atoms with E-state index >= 15 is 0 Å². The Kier molecular flexibility index (Phi) is 4.17. The van der Waals surface area contributed by atoms with Crippen LogP contribution in [0.2, 0.25) is 10.0 Å². The molecule has 2 aromatic rings. The normalized spacial score (nSPS) is 32.7. The number of carbonyl (C=O) groups is 4. The third-order valence-electron chi connectivity index (χ3n) is 7.14. The highest BCUT2D eigenvalue weighted by Crippen LogP contribution is 2.58. The van der Waals surface area contributed by atoms with E-state index in [0.29, 0.717) is 21.4 Å². The van der Waals surface area contributed by atoms with Gasteiger partial charge in [-0.15, -0.1) is 0 Å². The Labute approximate surface area is 193 Å². The molecule has 1 saturated carbocycles. The summed E-state index contributed by atoms with van der Waals surface area (Å²) in [6.07, 6.45) is 3.68. The van der Waals surface area contributed by atoms with E-state index in [-0.39, 0.29) is 23.6 Å². The lowest BCUT2D eigenvalue weighted by atomic mass is 9.54. The monoisotopic (exact) mass is 466 g/mol. The van der Waals surface area contributed by atoms with Crippen LogP contribution in [0.15, 0.2) is 60.7 Å². The molecular formula is C24H16Cl2N2O4. The Morgan fingerprint density at radius 1 is 0.562 bits per heavy atom. The predicted molar refractivity (Wildman–Crippen MR) is 118 cm³/mol. The van der Waals surface area contributed by atoms with Crippen molar-refractivity contribution in [2.45, 2.75) is 0 Å². The first kappa shape index (κ1) is 19.7. The Balaban J connectivity index is 1.41. The Morgan fingerprint density at radius 2 is 0.906 bits per heavy atom. The molecule has 2 bridgehead atoms. The summed E-state index contributed by atoms with van der Waals surface area (Å²) in [6, 6.07) is 13.2. The van der Waals surface area contributed by atoms with Gasteiger partial charge in [-0.1, -0.05) is 47.5 Å². The number of hydrogen-bond acceptors (Lipinski definition) is 4. The fourth-order valence-electron chi connectivity index (χ4n) is 5.97. The van der Waals surface area contributed by atoms with Crippen LogP contribution >= 0.6 is 23.2 Å². The third-order valence-corrected chi connectivity index (χ3v) is 7.61. The van der Waals surface area contributed by atoms with E-state index in [1.54, 1.807) is 48.5 Å². The van der Waals surface area contributed by atoms with Gasteiger partial charge in [0.05, 0.1) is 35.0 Å². The van der Waals surface area contributed by atoms with Crippen LogP contribution in [0.5, 0.6) is 0 Å². The van der Waals surface area contributed by atoms with Crippen molar-refractivity contribution in [1.82, 2.24) is 0 Å². The number of benzene rings is 2. The minimum Gasteiger partial charge on any atom is -0.274 e. The second kappa shape index (κ2) is 6.77. The van der Waals surface area contributed by atoms with Crippen molar-refractivity contribution < 1.29 is 19.2 Å². The molecule has 2 saturated heterocycles. The van der Waals surface area contributed by atoms with Gasteiger partial charge < -0.3 is 0 Å². The summed E-state index contributed by atoms with van der Waals surface area (Å²) in [7, 11) is 0. The number of imide groups is 2. The van der Waals surface area contributed by atoms with Crippen molar-refractivity contribution in [3.8, 4) is 0 Å². The van der Waals surface area contributed by atoms with Gasteiger partial charge in [0.1, 0.15) is 0 Å². The molecule has 7 rings (SSSR count). The molecule has 0 radical (unpaired) electrons. The van der Waals surface area contributed by atoms with Gasteiger partial charge in [0.15, 0.2) is 0 Å². The van der Waals surface area contributed by atoms with Crippen LogP contribution in [0, 0.1) is 35.5 Å². The molecule has 2 aromatic carbocycles. The number of nitrogens with zero attached hydrogens (tertiary/aromatic N) is 2. The first-order valence-electron chi connectivity index (χ1n) is 10.3. The molecule has 2 heterocycles. The molecule has 4 amide bonds. The lowest BCUT2D eigenvalue weighted by molar-refractivity contribution is -0.137. The number of hydrogen-bond donors (Lipinski definition) is 0. The number of allylic oxidation sites excluding steroid dienone is 2. The van der Waals surface area contributed by atoms with Crippen molar-refractivity contribution in [2.75, 3.05) is 9.80 Å². The van der Waals surface area contributed by atoms with Gasteiger partial charge in [-0.3, -0.25) is 19.2 Å². The Morgan fingerprint density at radius 3 is 1.22 bits per heavy atom. The molecule has 0 aromatic heterocycles. The fraction of sp³-hybridized carbons (Fsp3) is 0.250. The van der Waals surface area contributed by atoms with E-state index in [1.165, 1.54) is 9.80 Å². The van der Waals surface area contributed by atoms with E-state index in [2.05, 4.69) is 0 Å². The van der Waals surface area contributed by atoms with Gasteiger partial charge in [0.2, 0.25) is 23.6 Å². The fourth-order valence-corrected chi connectivity index (χ4v) is 6.33. The summed E-state index contributed by atoms with van der Waals surface area (Å²) in [6.45, 7) is 0. The first-order chi connectivity index (χ1) is 15.4. The van der Waals surface area contributed by atoms with Crippen LogP contribution in [0.25, 0.3) is 0 Å². The SMILES string of the molecule is O=C1[C@@H]2C3C=CC([C@H]2C(=O)N1c1cccc(Cl)c1)[C@H]1C(=O)N(c2cccc(Cl)c2)C(=O)[C@H]31. The van der Waals surface area contributed by atoms with Crippen LogP contribution in [-0.2, 0) is 19.2 Å². The second-order valence-electron chi connectivity index (χ2n) is 8.63. The van der Waals surface area contributed by atoms with Crippen molar-refractivity contribution in [2.24, 2.45) is 35.5 Å². The predicted octanol–water partition coefficient (Wildman–Crippen LogP) is 3.72. The van der Waals surface area contributed by atoms with Gasteiger partial charge in [0, 0.05) is 21.9 Å². The molecule has 32 heavy (non-hydrogen) atoms. The number of amides is 4. The Bertz CT molecular complexity index is 1120. The second-order valence-corrected chi connectivity index (χ2v) is 9.50. The van der Waals surface area contributed by atoms with Crippen molar-refractivity contribution in [1.29, 1.82) is 0 Å². The zero-order valence-electron chi connectivity index (χ0n) is 16.5. The van der Waals surface area contributed by atoms with Gasteiger partial charge in [-0.05, 0) is 36.4 Å². The molecule has 0 unspecified atom stereocenters. The molecule has 3 fully saturated rings. The summed E-state index contributed by atoms with van der Waals surface area (Å²) in [5, 5.41) is 0.830. The molecule has 0 spiro atoms. The minimum absolute atomic E-state index is 0.346. The number of rotatable bonds is 2. The maximum Gasteiger partial charge on any atom is 0.238 e. The van der Waals surface area contributed by atoms with E-state index in [0.717, 1.165) is 0 Å². The van der Waals surface area contributed by atoms with Crippen LogP contribution in [0.3, 0.4) is 0 Å². The molecule has 2 aliphatic heterocycles. The molecule has 160 valence electrons. The lowest BCUT2D eigenvalue weighted by Crippen LogP contribution is -2.50. The lowest BCUT2D eigenvalue weighted by Gasteiger charge is -2.44. The maximum absolute atomic E-state index is 13.4. The highest BCUT2D eigenvalue weighted by Gasteiger charge is 2.68. The summed E-state index contributed by atoms with van der Waals surface area (Å²) in [4.78, 5) is 56.0. The van der Waals surface area contributed by atoms with Crippen molar-refractivity contribution in [3.63, 3.8) is 0 Å². The largest absolute Gasteiger partial charge is 0.274 e. The van der Waals surface area contributed by atoms with Crippen molar-refractivity contribution in [3.05, 3.63) is 70.7 Å². The zero-order chi connectivity index (χ0) is 22.3. The number of halogens is 2. The maximum atomic E-state index is 13.4. The van der Waals surface area contributed by atoms with Gasteiger partial charge in [-0.2, -0.15) is 0 Å². The molecular weight excluding hydrogens is 451 g/mol. The number of carbonyl (C=O) groups excluding carboxylic acids is 4. The third kappa shape index (κ3) is 2.48. The summed E-state index contributed by atoms with van der Waals surface area (Å²) < 4.78 is 0. The molecule has 0 N–H and O–H groups in total.